The number of carbonyl (C=O) groups excluding carboxylic acids is 1. The van der Waals surface area contributed by atoms with Crippen molar-refractivity contribution in [3.8, 4) is 0 Å². The van der Waals surface area contributed by atoms with Crippen LogP contribution in [0, 0.1) is 0 Å². The highest BCUT2D eigenvalue weighted by atomic mass is 16.4. The summed E-state index contributed by atoms with van der Waals surface area (Å²) >= 11 is 0. The van der Waals surface area contributed by atoms with Gasteiger partial charge in [0.15, 0.2) is 0 Å². The molecule has 0 bridgehead atoms. The van der Waals surface area contributed by atoms with Gasteiger partial charge in [0, 0.05) is 19.4 Å². The van der Waals surface area contributed by atoms with Gasteiger partial charge in [-0.25, -0.2) is 0 Å². The lowest BCUT2D eigenvalue weighted by Crippen LogP contribution is -2.23. The molecule has 4 nitrogen and oxygen atoms in total. The van der Waals surface area contributed by atoms with Gasteiger partial charge in [-0.2, -0.15) is 0 Å². The van der Waals surface area contributed by atoms with Crippen LogP contribution >= 0.6 is 0 Å². The Hall–Kier alpha value is -1.06. The highest BCUT2D eigenvalue weighted by molar-refractivity contribution is 5.75. The number of carboxylic acids is 1. The van der Waals surface area contributed by atoms with E-state index in [-0.39, 0.29) is 12.3 Å². The molecule has 0 aliphatic rings. The van der Waals surface area contributed by atoms with E-state index >= 15 is 0 Å². The topological polar surface area (TPSA) is 66.4 Å². The van der Waals surface area contributed by atoms with Gasteiger partial charge in [0.1, 0.15) is 0 Å². The summed E-state index contributed by atoms with van der Waals surface area (Å²) in [4.78, 5) is 21.0. The zero-order chi connectivity index (χ0) is 11.5. The minimum Gasteiger partial charge on any atom is -0.481 e. The van der Waals surface area contributed by atoms with E-state index in [1.54, 1.807) is 0 Å². The summed E-state index contributed by atoms with van der Waals surface area (Å²) in [6.07, 6.45) is 5.63. The first-order valence-electron chi connectivity index (χ1n) is 5.65. The number of nitrogens with one attached hydrogen (secondary N) is 1. The Morgan fingerprint density at radius 1 is 1.07 bits per heavy atom. The first kappa shape index (κ1) is 13.9. The number of hydrogen-bond donors (Lipinski definition) is 2. The molecular weight excluding hydrogens is 194 g/mol. The number of carbonyl (C=O) groups is 2. The molecule has 0 aromatic heterocycles. The molecule has 0 fully saturated rings. The number of hydrogen-bond acceptors (Lipinski definition) is 2. The molecule has 4 heteroatoms. The minimum atomic E-state index is -0.717. The Labute approximate surface area is 91.1 Å². The largest absolute Gasteiger partial charge is 0.481 e. The fourth-order valence-electron chi connectivity index (χ4n) is 1.28. The molecule has 15 heavy (non-hydrogen) atoms. The second-order valence-corrected chi connectivity index (χ2v) is 3.62. The molecule has 0 aliphatic heterocycles. The molecule has 0 saturated carbocycles. The lowest BCUT2D eigenvalue weighted by atomic mass is 10.1. The maximum absolute atomic E-state index is 10.8. The summed E-state index contributed by atoms with van der Waals surface area (Å²) in [5, 5.41) is 11.2. The van der Waals surface area contributed by atoms with Gasteiger partial charge in [0.25, 0.3) is 0 Å². The van der Waals surface area contributed by atoms with E-state index in [4.69, 9.17) is 5.11 Å². The zero-order valence-corrected chi connectivity index (χ0v) is 9.42. The van der Waals surface area contributed by atoms with Gasteiger partial charge >= 0.3 is 5.97 Å². The van der Waals surface area contributed by atoms with E-state index in [2.05, 4.69) is 5.32 Å². The van der Waals surface area contributed by atoms with Gasteiger partial charge in [-0.15, -0.1) is 0 Å². The summed E-state index contributed by atoms with van der Waals surface area (Å²) in [5.74, 6) is -0.619. The van der Waals surface area contributed by atoms with Crippen molar-refractivity contribution in [1.82, 2.24) is 5.32 Å². The van der Waals surface area contributed by atoms with Crippen LogP contribution in [0.1, 0.15) is 51.9 Å². The summed E-state index contributed by atoms with van der Waals surface area (Å²) in [7, 11) is 0. The third-order valence-corrected chi connectivity index (χ3v) is 2.21. The zero-order valence-electron chi connectivity index (χ0n) is 9.42. The van der Waals surface area contributed by atoms with Crippen molar-refractivity contribution in [2.24, 2.45) is 0 Å². The van der Waals surface area contributed by atoms with Crippen LogP contribution in [-0.4, -0.2) is 23.5 Å². The molecule has 88 valence electrons. The van der Waals surface area contributed by atoms with Crippen LogP contribution < -0.4 is 5.32 Å². The van der Waals surface area contributed by atoms with Crippen LogP contribution in [0.25, 0.3) is 0 Å². The van der Waals surface area contributed by atoms with Crippen LogP contribution in [0.15, 0.2) is 0 Å². The highest BCUT2D eigenvalue weighted by Crippen LogP contribution is 2.04. The smallest absolute Gasteiger partial charge is 0.303 e. The maximum Gasteiger partial charge on any atom is 0.303 e. The molecule has 0 rings (SSSR count). The number of carboxylic acid groups (broad SMARTS) is 1. The summed E-state index contributed by atoms with van der Waals surface area (Å²) in [6.45, 7) is 2.58. The normalized spacial score (nSPS) is 9.93. The lowest BCUT2D eigenvalue weighted by molar-refractivity contribution is -0.137. The fraction of sp³-hybridized carbons (Fsp3) is 0.818. The number of aliphatic carboxylic acids is 1. The van der Waals surface area contributed by atoms with Gasteiger partial charge in [0.2, 0.25) is 5.91 Å². The third kappa shape index (κ3) is 10.9. The Morgan fingerprint density at radius 3 is 2.27 bits per heavy atom. The van der Waals surface area contributed by atoms with E-state index in [1.165, 1.54) is 0 Å². The van der Waals surface area contributed by atoms with Gasteiger partial charge < -0.3 is 10.4 Å². The van der Waals surface area contributed by atoms with E-state index in [0.717, 1.165) is 38.6 Å². The first-order valence-corrected chi connectivity index (χ1v) is 5.65. The Balaban J connectivity index is 3.05. The molecule has 1 amide bonds. The van der Waals surface area contributed by atoms with E-state index in [0.29, 0.717) is 6.42 Å². The molecular formula is C11H21NO3. The van der Waals surface area contributed by atoms with E-state index in [9.17, 15) is 9.59 Å². The fourth-order valence-corrected chi connectivity index (χ4v) is 1.28. The monoisotopic (exact) mass is 215 g/mol. The SMILES string of the molecule is CCC(=O)NCCCCCCCC(=O)O. The van der Waals surface area contributed by atoms with Gasteiger partial charge in [-0.05, 0) is 12.8 Å². The number of rotatable bonds is 9. The first-order chi connectivity index (χ1) is 7.16. The number of unbranched alkanes of at least 4 members (excludes halogenated alkanes) is 4. The Kier molecular flexibility index (Phi) is 8.82. The van der Waals surface area contributed by atoms with Crippen molar-refractivity contribution in [3.63, 3.8) is 0 Å². The molecule has 0 aromatic carbocycles. The predicted octanol–water partition coefficient (Wildman–Crippen LogP) is 1.94. The molecule has 0 unspecified atom stereocenters. The summed E-state index contributed by atoms with van der Waals surface area (Å²) < 4.78 is 0. The van der Waals surface area contributed by atoms with Crippen molar-refractivity contribution in [1.29, 1.82) is 0 Å². The van der Waals surface area contributed by atoms with Gasteiger partial charge in [0.05, 0.1) is 0 Å². The molecule has 0 heterocycles. The molecule has 2 N–H and O–H groups in total. The quantitative estimate of drug-likeness (QED) is 0.578. The van der Waals surface area contributed by atoms with E-state index < -0.39 is 5.97 Å². The van der Waals surface area contributed by atoms with Crippen molar-refractivity contribution < 1.29 is 14.7 Å². The average molecular weight is 215 g/mol. The molecule has 0 atom stereocenters. The molecule has 0 saturated heterocycles. The average Bonchev–Trinajstić information content (AvgIpc) is 2.21. The van der Waals surface area contributed by atoms with Crippen LogP contribution in [0.4, 0.5) is 0 Å². The Bertz CT molecular complexity index is 192. The van der Waals surface area contributed by atoms with Gasteiger partial charge in [-0.3, -0.25) is 9.59 Å². The number of amides is 1. The van der Waals surface area contributed by atoms with Crippen LogP contribution in [0.2, 0.25) is 0 Å². The summed E-state index contributed by atoms with van der Waals surface area (Å²) in [6, 6.07) is 0. The van der Waals surface area contributed by atoms with Crippen LogP contribution in [0.5, 0.6) is 0 Å². The molecule has 0 radical (unpaired) electrons. The Morgan fingerprint density at radius 2 is 1.67 bits per heavy atom. The summed E-state index contributed by atoms with van der Waals surface area (Å²) in [5.41, 5.74) is 0. The highest BCUT2D eigenvalue weighted by Gasteiger charge is 1.97. The van der Waals surface area contributed by atoms with Gasteiger partial charge in [-0.1, -0.05) is 26.2 Å². The van der Waals surface area contributed by atoms with Crippen LogP contribution in [0.3, 0.4) is 0 Å². The van der Waals surface area contributed by atoms with Crippen molar-refractivity contribution in [3.05, 3.63) is 0 Å². The van der Waals surface area contributed by atoms with Crippen molar-refractivity contribution in [2.75, 3.05) is 6.54 Å². The minimum absolute atomic E-state index is 0.0980. The second kappa shape index (κ2) is 9.49. The lowest BCUT2D eigenvalue weighted by Gasteiger charge is -2.02. The predicted molar refractivity (Wildman–Crippen MR) is 58.6 cm³/mol. The second-order valence-electron chi connectivity index (χ2n) is 3.62. The van der Waals surface area contributed by atoms with Crippen molar-refractivity contribution in [2.45, 2.75) is 51.9 Å². The van der Waals surface area contributed by atoms with E-state index in [1.807, 2.05) is 6.92 Å². The molecule has 0 spiro atoms. The third-order valence-electron chi connectivity index (χ3n) is 2.21. The van der Waals surface area contributed by atoms with Crippen molar-refractivity contribution >= 4 is 11.9 Å². The maximum atomic E-state index is 10.8. The molecule has 0 aliphatic carbocycles. The molecule has 0 aromatic rings. The standard InChI is InChI=1S/C11H21NO3/c1-2-10(13)12-9-7-5-3-4-6-8-11(14)15/h2-9H2,1H3,(H,12,13)(H,14,15). The van der Waals surface area contributed by atoms with Crippen LogP contribution in [-0.2, 0) is 9.59 Å².